The zero-order valence-electron chi connectivity index (χ0n) is 14.8. The van der Waals surface area contributed by atoms with Crippen molar-refractivity contribution < 1.29 is 4.79 Å². The van der Waals surface area contributed by atoms with Crippen LogP contribution in [0.5, 0.6) is 0 Å². The first-order chi connectivity index (χ1) is 10.2. The first kappa shape index (κ1) is 18.5. The number of nitrogen functional groups attached to an aromatic ring is 1. The molecule has 0 spiro atoms. The lowest BCUT2D eigenvalue weighted by Crippen LogP contribution is -2.45. The van der Waals surface area contributed by atoms with Gasteiger partial charge < -0.3 is 11.1 Å². The molecule has 0 radical (unpaired) electrons. The lowest BCUT2D eigenvalue weighted by atomic mass is 10.1. The van der Waals surface area contributed by atoms with Gasteiger partial charge in [0.1, 0.15) is 0 Å². The molecule has 0 aliphatic rings. The fourth-order valence-electron chi connectivity index (χ4n) is 2.46. The lowest BCUT2D eigenvalue weighted by molar-refractivity contribution is -0.121. The summed E-state index contributed by atoms with van der Waals surface area (Å²) < 4.78 is 0. The predicted octanol–water partition coefficient (Wildman–Crippen LogP) is 3.52. The summed E-state index contributed by atoms with van der Waals surface area (Å²) in [5, 5.41) is 2.98. The minimum Gasteiger partial charge on any atom is -0.398 e. The number of anilines is 2. The molecule has 1 amide bonds. The minimum absolute atomic E-state index is 0.0181. The van der Waals surface area contributed by atoms with E-state index < -0.39 is 0 Å². The Morgan fingerprint density at radius 3 is 2.14 bits per heavy atom. The van der Waals surface area contributed by atoms with Gasteiger partial charge in [-0.25, -0.2) is 0 Å². The van der Waals surface area contributed by atoms with Crippen LogP contribution in [-0.4, -0.2) is 29.9 Å². The Balaban J connectivity index is 2.77. The zero-order valence-corrected chi connectivity index (χ0v) is 14.8. The number of aryl methyl sites for hydroxylation is 1. The van der Waals surface area contributed by atoms with Gasteiger partial charge in [0.05, 0.1) is 6.04 Å². The van der Waals surface area contributed by atoms with Crippen LogP contribution in [0.3, 0.4) is 0 Å². The SMILES string of the molecule is Cc1ccc(NC(=O)C(C)N(CC(C)C)CC(C)C)cc1N. The van der Waals surface area contributed by atoms with Gasteiger partial charge in [0, 0.05) is 24.5 Å². The van der Waals surface area contributed by atoms with Crippen molar-refractivity contribution in [2.45, 2.75) is 47.6 Å². The maximum absolute atomic E-state index is 12.5. The summed E-state index contributed by atoms with van der Waals surface area (Å²) in [6.45, 7) is 14.5. The number of hydrogen-bond donors (Lipinski definition) is 2. The van der Waals surface area contributed by atoms with Crippen LogP contribution in [0.1, 0.15) is 40.2 Å². The summed E-state index contributed by atoms with van der Waals surface area (Å²) in [7, 11) is 0. The van der Waals surface area contributed by atoms with E-state index in [9.17, 15) is 4.79 Å². The molecule has 0 saturated carbocycles. The van der Waals surface area contributed by atoms with Crippen molar-refractivity contribution >= 4 is 17.3 Å². The Hall–Kier alpha value is -1.55. The van der Waals surface area contributed by atoms with Gasteiger partial charge in [-0.2, -0.15) is 0 Å². The largest absolute Gasteiger partial charge is 0.398 e. The van der Waals surface area contributed by atoms with Crippen molar-refractivity contribution in [3.8, 4) is 0 Å². The van der Waals surface area contributed by atoms with Crippen LogP contribution in [0, 0.1) is 18.8 Å². The van der Waals surface area contributed by atoms with Gasteiger partial charge in [0.2, 0.25) is 5.91 Å². The standard InChI is InChI=1S/C18H31N3O/c1-12(2)10-21(11-13(3)4)15(6)18(22)20-16-8-7-14(5)17(19)9-16/h7-9,12-13,15H,10-11,19H2,1-6H3,(H,20,22). The molecule has 0 heterocycles. The second kappa shape index (κ2) is 8.18. The molecule has 124 valence electrons. The van der Waals surface area contributed by atoms with E-state index in [0.717, 1.165) is 24.3 Å². The van der Waals surface area contributed by atoms with E-state index in [0.29, 0.717) is 17.5 Å². The van der Waals surface area contributed by atoms with Crippen LogP contribution in [0.15, 0.2) is 18.2 Å². The Labute approximate surface area is 135 Å². The molecule has 0 aliphatic carbocycles. The molecule has 0 aliphatic heterocycles. The van der Waals surface area contributed by atoms with Gasteiger partial charge in [0.25, 0.3) is 0 Å². The smallest absolute Gasteiger partial charge is 0.241 e. The van der Waals surface area contributed by atoms with Crippen LogP contribution in [0.25, 0.3) is 0 Å². The first-order valence-corrected chi connectivity index (χ1v) is 8.11. The van der Waals surface area contributed by atoms with Gasteiger partial charge in [-0.3, -0.25) is 9.69 Å². The highest BCUT2D eigenvalue weighted by Gasteiger charge is 2.22. The van der Waals surface area contributed by atoms with E-state index in [1.807, 2.05) is 32.0 Å². The van der Waals surface area contributed by atoms with Gasteiger partial charge >= 0.3 is 0 Å². The number of carbonyl (C=O) groups is 1. The van der Waals surface area contributed by atoms with Crippen LogP contribution >= 0.6 is 0 Å². The highest BCUT2D eigenvalue weighted by atomic mass is 16.2. The number of rotatable bonds is 7. The van der Waals surface area contributed by atoms with Gasteiger partial charge in [-0.1, -0.05) is 33.8 Å². The monoisotopic (exact) mass is 305 g/mol. The van der Waals surface area contributed by atoms with E-state index in [-0.39, 0.29) is 11.9 Å². The summed E-state index contributed by atoms with van der Waals surface area (Å²) in [5.41, 5.74) is 8.38. The van der Waals surface area contributed by atoms with Gasteiger partial charge in [-0.05, 0) is 43.4 Å². The number of nitrogens with two attached hydrogens (primary N) is 1. The molecule has 0 aromatic heterocycles. The minimum atomic E-state index is -0.160. The zero-order chi connectivity index (χ0) is 16.9. The molecule has 1 rings (SSSR count). The second-order valence-electron chi connectivity index (χ2n) is 6.98. The third-order valence-electron chi connectivity index (χ3n) is 3.67. The van der Waals surface area contributed by atoms with Crippen molar-refractivity contribution in [3.63, 3.8) is 0 Å². The van der Waals surface area contributed by atoms with E-state index >= 15 is 0 Å². The van der Waals surface area contributed by atoms with Crippen LogP contribution in [0.4, 0.5) is 11.4 Å². The van der Waals surface area contributed by atoms with E-state index in [2.05, 4.69) is 37.9 Å². The average molecular weight is 305 g/mol. The van der Waals surface area contributed by atoms with Crippen LogP contribution < -0.4 is 11.1 Å². The highest BCUT2D eigenvalue weighted by molar-refractivity contribution is 5.95. The Morgan fingerprint density at radius 2 is 1.68 bits per heavy atom. The number of nitrogens with zero attached hydrogens (tertiary/aromatic N) is 1. The molecule has 1 atom stereocenters. The molecule has 0 saturated heterocycles. The molecule has 1 aromatic carbocycles. The van der Waals surface area contributed by atoms with Crippen LogP contribution in [-0.2, 0) is 4.79 Å². The predicted molar refractivity (Wildman–Crippen MR) is 94.9 cm³/mol. The topological polar surface area (TPSA) is 58.4 Å². The van der Waals surface area contributed by atoms with Gasteiger partial charge in [-0.15, -0.1) is 0 Å². The highest BCUT2D eigenvalue weighted by Crippen LogP contribution is 2.18. The van der Waals surface area contributed by atoms with Crippen molar-refractivity contribution in [3.05, 3.63) is 23.8 Å². The fourth-order valence-corrected chi connectivity index (χ4v) is 2.46. The summed E-state index contributed by atoms with van der Waals surface area (Å²) in [4.78, 5) is 14.8. The quantitative estimate of drug-likeness (QED) is 0.758. The molecule has 3 N–H and O–H groups in total. The number of benzene rings is 1. The van der Waals surface area contributed by atoms with E-state index in [1.54, 1.807) is 0 Å². The van der Waals surface area contributed by atoms with Crippen molar-refractivity contribution in [2.75, 3.05) is 24.1 Å². The molecule has 4 nitrogen and oxygen atoms in total. The summed E-state index contributed by atoms with van der Waals surface area (Å²) >= 11 is 0. The van der Waals surface area contributed by atoms with Crippen molar-refractivity contribution in [1.29, 1.82) is 0 Å². The number of nitrogens with one attached hydrogen (secondary N) is 1. The molecule has 22 heavy (non-hydrogen) atoms. The summed E-state index contributed by atoms with van der Waals surface area (Å²) in [5.74, 6) is 1.08. The maximum atomic E-state index is 12.5. The molecule has 1 unspecified atom stereocenters. The first-order valence-electron chi connectivity index (χ1n) is 8.11. The number of carbonyl (C=O) groups excluding carboxylic acids is 1. The molecule has 1 aromatic rings. The normalized spacial score (nSPS) is 13.0. The summed E-state index contributed by atoms with van der Waals surface area (Å²) in [6.07, 6.45) is 0. The third kappa shape index (κ3) is 5.68. The molecule has 4 heteroatoms. The lowest BCUT2D eigenvalue weighted by Gasteiger charge is -2.31. The third-order valence-corrected chi connectivity index (χ3v) is 3.67. The second-order valence-corrected chi connectivity index (χ2v) is 6.98. The van der Waals surface area contributed by atoms with Crippen molar-refractivity contribution in [2.24, 2.45) is 11.8 Å². The molecular weight excluding hydrogens is 274 g/mol. The molecule has 0 bridgehead atoms. The molecular formula is C18H31N3O. The number of hydrogen-bond acceptors (Lipinski definition) is 3. The van der Waals surface area contributed by atoms with E-state index in [4.69, 9.17) is 5.73 Å². The Morgan fingerprint density at radius 1 is 1.14 bits per heavy atom. The number of amides is 1. The van der Waals surface area contributed by atoms with Gasteiger partial charge in [0.15, 0.2) is 0 Å². The van der Waals surface area contributed by atoms with E-state index in [1.165, 1.54) is 0 Å². The summed E-state index contributed by atoms with van der Waals surface area (Å²) in [6, 6.07) is 5.48. The Kier molecular flexibility index (Phi) is 6.88. The maximum Gasteiger partial charge on any atom is 0.241 e. The van der Waals surface area contributed by atoms with Crippen molar-refractivity contribution in [1.82, 2.24) is 4.90 Å². The Bertz CT molecular complexity index is 487. The fraction of sp³-hybridized carbons (Fsp3) is 0.611. The average Bonchev–Trinajstić information content (AvgIpc) is 2.40. The van der Waals surface area contributed by atoms with Crippen LogP contribution in [0.2, 0.25) is 0 Å². The molecule has 0 fully saturated rings.